The van der Waals surface area contributed by atoms with Crippen molar-refractivity contribution in [2.24, 2.45) is 29.1 Å². The van der Waals surface area contributed by atoms with Crippen molar-refractivity contribution >= 4 is 11.8 Å². The van der Waals surface area contributed by atoms with Gasteiger partial charge in [0.15, 0.2) is 0 Å². The number of hydrogen-bond donors (Lipinski definition) is 1. The summed E-state index contributed by atoms with van der Waals surface area (Å²) in [6.07, 6.45) is 11.6. The van der Waals surface area contributed by atoms with Gasteiger partial charge in [-0.05, 0) is 82.0 Å². The predicted octanol–water partition coefficient (Wildman–Crippen LogP) is 2.72. The standard InChI is InChI=1S/C20H30N2O2/c23-18(21-17-1-2-17)16-3-5-22(6-4-16)19(24)20-10-13-7-14(11-20)9-15(8-13)12-20/h13-17H,1-12H2,(H,21,23). The second kappa shape index (κ2) is 5.47. The molecule has 1 heterocycles. The monoisotopic (exact) mass is 330 g/mol. The van der Waals surface area contributed by atoms with Crippen molar-refractivity contribution in [3.63, 3.8) is 0 Å². The molecule has 1 saturated heterocycles. The Morgan fingerprint density at radius 1 is 0.833 bits per heavy atom. The molecule has 4 nitrogen and oxygen atoms in total. The van der Waals surface area contributed by atoms with Crippen LogP contribution in [0.5, 0.6) is 0 Å². The molecule has 0 atom stereocenters. The van der Waals surface area contributed by atoms with E-state index in [2.05, 4.69) is 10.2 Å². The number of nitrogens with zero attached hydrogens (tertiary/aromatic N) is 1. The smallest absolute Gasteiger partial charge is 0.228 e. The van der Waals surface area contributed by atoms with Crippen molar-refractivity contribution in [2.45, 2.75) is 70.3 Å². The SMILES string of the molecule is O=C(NC1CC1)C1CCN(C(=O)C23CC4CC(CC(C4)C2)C3)CC1. The first-order chi connectivity index (χ1) is 11.6. The first-order valence-electron chi connectivity index (χ1n) is 10.2. The van der Waals surface area contributed by atoms with Crippen LogP contribution in [0.15, 0.2) is 0 Å². The Morgan fingerprint density at radius 2 is 1.38 bits per heavy atom. The Bertz CT molecular complexity index is 511. The number of carbonyl (C=O) groups excluding carboxylic acids is 2. The Morgan fingerprint density at radius 3 is 1.88 bits per heavy atom. The van der Waals surface area contributed by atoms with E-state index < -0.39 is 0 Å². The minimum atomic E-state index is -0.0160. The van der Waals surface area contributed by atoms with Crippen molar-refractivity contribution in [1.29, 1.82) is 0 Å². The van der Waals surface area contributed by atoms with Crippen LogP contribution in [0.3, 0.4) is 0 Å². The number of nitrogens with one attached hydrogen (secondary N) is 1. The zero-order valence-corrected chi connectivity index (χ0v) is 14.6. The quantitative estimate of drug-likeness (QED) is 0.865. The lowest BCUT2D eigenvalue weighted by molar-refractivity contribution is -0.159. The largest absolute Gasteiger partial charge is 0.353 e. The number of likely N-dealkylation sites (tertiary alicyclic amines) is 1. The molecule has 0 spiro atoms. The molecule has 0 aromatic carbocycles. The van der Waals surface area contributed by atoms with Gasteiger partial charge in [0.25, 0.3) is 0 Å². The maximum atomic E-state index is 13.3. The Kier molecular flexibility index (Phi) is 3.47. The van der Waals surface area contributed by atoms with Crippen molar-refractivity contribution < 1.29 is 9.59 Å². The molecular formula is C20H30N2O2. The Labute approximate surface area is 144 Å². The van der Waals surface area contributed by atoms with Gasteiger partial charge in [0.1, 0.15) is 0 Å². The van der Waals surface area contributed by atoms with Crippen molar-refractivity contribution in [1.82, 2.24) is 10.2 Å². The molecule has 0 unspecified atom stereocenters. The first-order valence-corrected chi connectivity index (χ1v) is 10.2. The van der Waals surface area contributed by atoms with E-state index in [9.17, 15) is 9.59 Å². The third-order valence-electron chi connectivity index (χ3n) is 7.57. The second-order valence-corrected chi connectivity index (χ2v) is 9.55. The molecule has 0 aromatic heterocycles. The highest BCUT2D eigenvalue weighted by atomic mass is 16.2. The summed E-state index contributed by atoms with van der Waals surface area (Å²) in [5.74, 6) is 3.28. The van der Waals surface area contributed by atoms with Gasteiger partial charge in [-0.25, -0.2) is 0 Å². The predicted molar refractivity (Wildman–Crippen MR) is 91.1 cm³/mol. The molecule has 0 radical (unpaired) electrons. The van der Waals surface area contributed by atoms with Crippen LogP contribution in [0, 0.1) is 29.1 Å². The summed E-state index contributed by atoms with van der Waals surface area (Å²) in [6, 6.07) is 0.448. The zero-order valence-electron chi connectivity index (χ0n) is 14.6. The average Bonchev–Trinajstić information content (AvgIpc) is 3.37. The number of rotatable bonds is 3. The lowest BCUT2D eigenvalue weighted by Crippen LogP contribution is -2.56. The summed E-state index contributed by atoms with van der Waals surface area (Å²) in [6.45, 7) is 1.59. The Balaban J connectivity index is 1.22. The maximum Gasteiger partial charge on any atom is 0.228 e. The van der Waals surface area contributed by atoms with Crippen molar-refractivity contribution in [3.8, 4) is 0 Å². The first kappa shape index (κ1) is 15.2. The van der Waals surface area contributed by atoms with E-state index >= 15 is 0 Å². The Hall–Kier alpha value is -1.06. The summed E-state index contributed by atoms with van der Waals surface area (Å²) < 4.78 is 0. The van der Waals surface area contributed by atoms with Crippen LogP contribution in [0.25, 0.3) is 0 Å². The van der Waals surface area contributed by atoms with Gasteiger partial charge in [-0.1, -0.05) is 0 Å². The van der Waals surface area contributed by atoms with Crippen LogP contribution in [0.4, 0.5) is 0 Å². The van der Waals surface area contributed by atoms with Gasteiger partial charge in [-0.3, -0.25) is 9.59 Å². The highest BCUT2D eigenvalue weighted by Gasteiger charge is 2.55. The molecule has 0 aromatic rings. The molecule has 6 rings (SSSR count). The highest BCUT2D eigenvalue weighted by Crippen LogP contribution is 2.60. The number of carbonyl (C=O) groups is 2. The molecule has 1 aliphatic heterocycles. The molecule has 24 heavy (non-hydrogen) atoms. The van der Waals surface area contributed by atoms with E-state index in [-0.39, 0.29) is 17.2 Å². The fourth-order valence-corrected chi connectivity index (χ4v) is 6.60. The summed E-state index contributed by atoms with van der Waals surface area (Å²) in [4.78, 5) is 27.7. The molecule has 2 amide bonds. The molecule has 6 aliphatic rings. The minimum Gasteiger partial charge on any atom is -0.353 e. The van der Waals surface area contributed by atoms with Crippen LogP contribution in [-0.2, 0) is 9.59 Å². The van der Waals surface area contributed by atoms with Gasteiger partial charge in [0.2, 0.25) is 11.8 Å². The van der Waals surface area contributed by atoms with E-state index in [4.69, 9.17) is 0 Å². The summed E-state index contributed by atoms with van der Waals surface area (Å²) in [5.41, 5.74) is -0.0160. The molecule has 6 fully saturated rings. The highest BCUT2D eigenvalue weighted by molar-refractivity contribution is 5.84. The van der Waals surface area contributed by atoms with E-state index in [1.54, 1.807) is 0 Å². The number of hydrogen-bond acceptors (Lipinski definition) is 2. The van der Waals surface area contributed by atoms with Crippen LogP contribution in [-0.4, -0.2) is 35.8 Å². The normalized spacial score (nSPS) is 41.5. The average molecular weight is 330 g/mol. The molecule has 4 bridgehead atoms. The fraction of sp³-hybridized carbons (Fsp3) is 0.900. The van der Waals surface area contributed by atoms with Crippen molar-refractivity contribution in [3.05, 3.63) is 0 Å². The molecular weight excluding hydrogens is 300 g/mol. The molecule has 4 heteroatoms. The van der Waals surface area contributed by atoms with E-state index in [0.29, 0.717) is 11.9 Å². The topological polar surface area (TPSA) is 49.4 Å². The molecule has 5 aliphatic carbocycles. The fourth-order valence-electron chi connectivity index (χ4n) is 6.60. The second-order valence-electron chi connectivity index (χ2n) is 9.55. The van der Waals surface area contributed by atoms with Crippen LogP contribution in [0.1, 0.15) is 64.2 Å². The van der Waals surface area contributed by atoms with Gasteiger partial charge in [-0.2, -0.15) is 0 Å². The van der Waals surface area contributed by atoms with Gasteiger partial charge in [-0.15, -0.1) is 0 Å². The zero-order chi connectivity index (χ0) is 16.3. The summed E-state index contributed by atoms with van der Waals surface area (Å²) in [5, 5.41) is 3.13. The lowest BCUT2D eigenvalue weighted by atomic mass is 9.49. The van der Waals surface area contributed by atoms with E-state index in [0.717, 1.165) is 75.8 Å². The molecule has 1 N–H and O–H groups in total. The minimum absolute atomic E-state index is 0.0160. The lowest BCUT2D eigenvalue weighted by Gasteiger charge is -2.57. The van der Waals surface area contributed by atoms with Gasteiger partial charge in [0, 0.05) is 25.0 Å². The van der Waals surface area contributed by atoms with Crippen LogP contribution >= 0.6 is 0 Å². The van der Waals surface area contributed by atoms with Crippen LogP contribution in [0.2, 0.25) is 0 Å². The molecule has 132 valence electrons. The van der Waals surface area contributed by atoms with E-state index in [1.165, 1.54) is 19.3 Å². The maximum absolute atomic E-state index is 13.3. The molecule has 5 saturated carbocycles. The van der Waals surface area contributed by atoms with E-state index in [1.807, 2.05) is 0 Å². The third-order valence-corrected chi connectivity index (χ3v) is 7.57. The third kappa shape index (κ3) is 2.57. The van der Waals surface area contributed by atoms with Crippen molar-refractivity contribution in [2.75, 3.05) is 13.1 Å². The van der Waals surface area contributed by atoms with Gasteiger partial charge >= 0.3 is 0 Å². The summed E-state index contributed by atoms with van der Waals surface area (Å²) in [7, 11) is 0. The van der Waals surface area contributed by atoms with Gasteiger partial charge < -0.3 is 10.2 Å². The summed E-state index contributed by atoms with van der Waals surface area (Å²) >= 11 is 0. The van der Waals surface area contributed by atoms with Gasteiger partial charge in [0.05, 0.1) is 5.41 Å². The number of amides is 2. The van der Waals surface area contributed by atoms with Crippen LogP contribution < -0.4 is 5.32 Å². The number of piperidine rings is 1.